The zero-order chi connectivity index (χ0) is 19.2. The largest absolute Gasteiger partial charge is 0.390 e. The van der Waals surface area contributed by atoms with Crippen LogP contribution in [-0.2, 0) is 12.0 Å². The van der Waals surface area contributed by atoms with E-state index in [0.29, 0.717) is 18.7 Å². The second-order valence-corrected chi connectivity index (χ2v) is 7.87. The molecule has 6 heteroatoms. The minimum Gasteiger partial charge on any atom is -0.390 e. The number of nitrogens with two attached hydrogens (primary N) is 1. The summed E-state index contributed by atoms with van der Waals surface area (Å²) >= 11 is 0. The maximum atomic E-state index is 13.0. The highest BCUT2D eigenvalue weighted by molar-refractivity contribution is 5.95. The number of benzene rings is 1. The van der Waals surface area contributed by atoms with Crippen LogP contribution in [0.1, 0.15) is 59.4 Å². The average Bonchev–Trinajstić information content (AvgIpc) is 3.15. The number of likely N-dealkylation sites (tertiary alicyclic amines) is 1. The molecular formula is C21H28N4O2. The SMILES string of the molecule is CCCn1ncc(C(=O)N2CCC3(CC2)c2ccccc2[C@@H](N)[C@@H]3O)c1C. The number of fused-ring (bicyclic) bond motifs is 2. The van der Waals surface area contributed by atoms with Gasteiger partial charge in [0.15, 0.2) is 0 Å². The van der Waals surface area contributed by atoms with Crippen LogP contribution in [0.5, 0.6) is 0 Å². The van der Waals surface area contributed by atoms with Gasteiger partial charge in [0.2, 0.25) is 0 Å². The Bertz CT molecular complexity index is 852. The van der Waals surface area contributed by atoms with Crippen molar-refractivity contribution in [1.29, 1.82) is 0 Å². The molecule has 6 nitrogen and oxygen atoms in total. The number of carbonyl (C=O) groups is 1. The molecule has 2 aliphatic rings. The number of amides is 1. The van der Waals surface area contributed by atoms with Crippen LogP contribution in [0.3, 0.4) is 0 Å². The maximum absolute atomic E-state index is 13.0. The fourth-order valence-corrected chi connectivity index (χ4v) is 4.85. The molecule has 27 heavy (non-hydrogen) atoms. The Morgan fingerprint density at radius 2 is 2.04 bits per heavy atom. The molecule has 0 bridgehead atoms. The minimum atomic E-state index is -0.596. The molecule has 2 heterocycles. The lowest BCUT2D eigenvalue weighted by Gasteiger charge is -2.42. The molecule has 1 spiro atoms. The third-order valence-electron chi connectivity index (χ3n) is 6.47. The van der Waals surface area contributed by atoms with E-state index >= 15 is 0 Å². The zero-order valence-corrected chi connectivity index (χ0v) is 16.1. The summed E-state index contributed by atoms with van der Waals surface area (Å²) in [6.45, 7) is 6.12. The number of piperidine rings is 1. The fourth-order valence-electron chi connectivity index (χ4n) is 4.85. The lowest BCUT2D eigenvalue weighted by Crippen LogP contribution is -2.50. The van der Waals surface area contributed by atoms with E-state index in [2.05, 4.69) is 18.1 Å². The van der Waals surface area contributed by atoms with E-state index in [9.17, 15) is 9.90 Å². The summed E-state index contributed by atoms with van der Waals surface area (Å²) in [6, 6.07) is 7.73. The van der Waals surface area contributed by atoms with Gasteiger partial charge in [-0.25, -0.2) is 0 Å². The Kier molecular flexibility index (Phi) is 4.56. The number of hydrogen-bond acceptors (Lipinski definition) is 4. The predicted octanol–water partition coefficient (Wildman–Crippen LogP) is 2.15. The minimum absolute atomic E-state index is 0.0368. The van der Waals surface area contributed by atoms with Crippen LogP contribution in [0, 0.1) is 6.92 Å². The second-order valence-electron chi connectivity index (χ2n) is 7.87. The van der Waals surface area contributed by atoms with Crippen molar-refractivity contribution in [2.24, 2.45) is 5.73 Å². The van der Waals surface area contributed by atoms with Crippen molar-refractivity contribution in [3.8, 4) is 0 Å². The molecule has 0 radical (unpaired) electrons. The van der Waals surface area contributed by atoms with Gasteiger partial charge < -0.3 is 15.7 Å². The highest BCUT2D eigenvalue weighted by Crippen LogP contribution is 2.50. The van der Waals surface area contributed by atoms with E-state index in [1.807, 2.05) is 34.7 Å². The summed E-state index contributed by atoms with van der Waals surface area (Å²) in [4.78, 5) is 14.9. The molecule has 1 fully saturated rings. The smallest absolute Gasteiger partial charge is 0.257 e. The molecule has 1 saturated heterocycles. The molecule has 1 aromatic heterocycles. The number of rotatable bonds is 3. The van der Waals surface area contributed by atoms with Crippen LogP contribution in [0.15, 0.2) is 30.5 Å². The van der Waals surface area contributed by atoms with Crippen LogP contribution in [0.2, 0.25) is 0 Å². The number of nitrogens with zero attached hydrogens (tertiary/aromatic N) is 3. The zero-order valence-electron chi connectivity index (χ0n) is 16.1. The van der Waals surface area contributed by atoms with E-state index < -0.39 is 6.10 Å². The number of aliphatic hydroxyl groups excluding tert-OH is 1. The average molecular weight is 368 g/mol. The third kappa shape index (κ3) is 2.70. The molecular weight excluding hydrogens is 340 g/mol. The van der Waals surface area contributed by atoms with Crippen molar-refractivity contribution in [2.75, 3.05) is 13.1 Å². The molecule has 0 saturated carbocycles. The first-order chi connectivity index (χ1) is 13.0. The highest BCUT2D eigenvalue weighted by atomic mass is 16.3. The Morgan fingerprint density at radius 3 is 2.74 bits per heavy atom. The van der Waals surface area contributed by atoms with E-state index in [1.54, 1.807) is 6.20 Å². The van der Waals surface area contributed by atoms with E-state index in [4.69, 9.17) is 5.73 Å². The first-order valence-corrected chi connectivity index (χ1v) is 9.84. The van der Waals surface area contributed by atoms with E-state index in [-0.39, 0.29) is 17.4 Å². The van der Waals surface area contributed by atoms with Gasteiger partial charge in [-0.15, -0.1) is 0 Å². The van der Waals surface area contributed by atoms with Crippen molar-refractivity contribution in [2.45, 2.75) is 57.2 Å². The fraction of sp³-hybridized carbons (Fsp3) is 0.524. The number of hydrogen-bond donors (Lipinski definition) is 2. The topological polar surface area (TPSA) is 84.4 Å². The standard InChI is InChI=1S/C21H28N4O2/c1-3-10-25-14(2)16(13-23-25)20(27)24-11-8-21(9-12-24)17-7-5-4-6-15(17)18(22)19(21)26/h4-7,13,18-19,26H,3,8-12,22H2,1-2H3/t18-,19+/m1/s1. The molecule has 0 unspecified atom stereocenters. The first kappa shape index (κ1) is 18.2. The third-order valence-corrected chi connectivity index (χ3v) is 6.47. The normalized spacial score (nSPS) is 23.6. The molecule has 2 atom stereocenters. The van der Waals surface area contributed by atoms with Gasteiger partial charge in [0.1, 0.15) is 0 Å². The Balaban J connectivity index is 1.54. The summed E-state index contributed by atoms with van der Waals surface area (Å²) in [5.41, 5.74) is 9.76. The summed E-state index contributed by atoms with van der Waals surface area (Å²) < 4.78 is 1.90. The molecule has 1 aliphatic carbocycles. The van der Waals surface area contributed by atoms with Crippen molar-refractivity contribution in [3.05, 3.63) is 52.8 Å². The molecule has 4 rings (SSSR count). The number of aliphatic hydroxyl groups is 1. The predicted molar refractivity (Wildman–Crippen MR) is 103 cm³/mol. The highest BCUT2D eigenvalue weighted by Gasteiger charge is 2.51. The van der Waals surface area contributed by atoms with Crippen molar-refractivity contribution >= 4 is 5.91 Å². The van der Waals surface area contributed by atoms with Gasteiger partial charge in [0, 0.05) is 30.7 Å². The molecule has 1 aromatic carbocycles. The van der Waals surface area contributed by atoms with Crippen molar-refractivity contribution in [1.82, 2.24) is 14.7 Å². The molecule has 2 aromatic rings. The van der Waals surface area contributed by atoms with Gasteiger partial charge in [0.25, 0.3) is 5.91 Å². The monoisotopic (exact) mass is 368 g/mol. The van der Waals surface area contributed by atoms with E-state index in [1.165, 1.54) is 0 Å². The van der Waals surface area contributed by atoms with Crippen molar-refractivity contribution < 1.29 is 9.90 Å². The van der Waals surface area contributed by atoms with Gasteiger partial charge in [0.05, 0.1) is 23.9 Å². The summed E-state index contributed by atoms with van der Waals surface area (Å²) in [7, 11) is 0. The van der Waals surface area contributed by atoms with Crippen LogP contribution in [0.25, 0.3) is 0 Å². The lowest BCUT2D eigenvalue weighted by atomic mass is 9.72. The van der Waals surface area contributed by atoms with Gasteiger partial charge in [-0.1, -0.05) is 31.2 Å². The molecule has 3 N–H and O–H groups in total. The summed E-state index contributed by atoms with van der Waals surface area (Å²) in [5, 5.41) is 15.3. The Labute approximate surface area is 160 Å². The number of carbonyl (C=O) groups excluding carboxylic acids is 1. The van der Waals surface area contributed by atoms with Crippen LogP contribution in [-0.4, -0.2) is 44.9 Å². The van der Waals surface area contributed by atoms with Gasteiger partial charge in [-0.2, -0.15) is 5.10 Å². The Morgan fingerprint density at radius 1 is 1.33 bits per heavy atom. The van der Waals surface area contributed by atoms with Gasteiger partial charge in [-0.3, -0.25) is 9.48 Å². The molecule has 1 amide bonds. The maximum Gasteiger partial charge on any atom is 0.257 e. The van der Waals surface area contributed by atoms with Gasteiger partial charge in [-0.05, 0) is 37.3 Å². The van der Waals surface area contributed by atoms with Gasteiger partial charge >= 0.3 is 0 Å². The van der Waals surface area contributed by atoms with Crippen LogP contribution in [0.4, 0.5) is 0 Å². The van der Waals surface area contributed by atoms with Crippen LogP contribution >= 0.6 is 0 Å². The quantitative estimate of drug-likeness (QED) is 0.869. The molecule has 1 aliphatic heterocycles. The van der Waals surface area contributed by atoms with E-state index in [0.717, 1.165) is 42.6 Å². The summed E-state index contributed by atoms with van der Waals surface area (Å²) in [5.74, 6) is 0.0368. The summed E-state index contributed by atoms with van der Waals surface area (Å²) in [6.07, 6.45) is 3.54. The number of aryl methyl sites for hydroxylation is 1. The number of aromatic nitrogens is 2. The lowest BCUT2D eigenvalue weighted by molar-refractivity contribution is 0.0262. The Hall–Kier alpha value is -2.18. The van der Waals surface area contributed by atoms with Crippen molar-refractivity contribution in [3.63, 3.8) is 0 Å². The molecule has 144 valence electrons. The second kappa shape index (κ2) is 6.77. The first-order valence-electron chi connectivity index (χ1n) is 9.84. The van der Waals surface area contributed by atoms with Crippen LogP contribution < -0.4 is 5.73 Å².